The average molecular weight is 1260 g/mol. The summed E-state index contributed by atoms with van der Waals surface area (Å²) in [7, 11) is -2.16. The van der Waals surface area contributed by atoms with Gasteiger partial charge in [0.1, 0.15) is 68.1 Å². The molecule has 10 unspecified atom stereocenters. The van der Waals surface area contributed by atoms with E-state index in [9.17, 15) is 29.4 Å². The topological polar surface area (TPSA) is 307 Å². The zero-order chi connectivity index (χ0) is 64.3. The Kier molecular flexibility index (Phi) is 18.4. The first-order valence-electron chi connectivity index (χ1n) is 30.4. The van der Waals surface area contributed by atoms with Gasteiger partial charge in [-0.05, 0) is 120 Å². The van der Waals surface area contributed by atoms with Gasteiger partial charge < -0.3 is 90.4 Å². The van der Waals surface area contributed by atoms with Crippen LogP contribution in [-0.4, -0.2) is 190 Å². The number of nitrogens with zero attached hydrogens (tertiary/aromatic N) is 2. The molecule has 0 bridgehead atoms. The number of H-pyrrole nitrogens is 2. The first kappa shape index (κ1) is 68.2. The largest absolute Gasteiger partial charge is 0.412 e. The Bertz CT molecular complexity index is 2960. The van der Waals surface area contributed by atoms with Crippen molar-refractivity contribution in [2.75, 3.05) is 33.0 Å². The number of aliphatic hydroxyl groups excluding tert-OH is 2. The van der Waals surface area contributed by atoms with Crippen LogP contribution in [0.3, 0.4) is 0 Å². The number of rotatable bonds is 10. The van der Waals surface area contributed by atoms with E-state index in [0.717, 1.165) is 6.42 Å². The van der Waals surface area contributed by atoms with Crippen LogP contribution in [0.15, 0.2) is 43.7 Å². The molecule has 2 spiro atoms. The normalized spacial score (nSPS) is 40.0. The molecule has 87 heavy (non-hydrogen) atoms. The smallest absolute Gasteiger partial charge is 0.330 e. The van der Waals surface area contributed by atoms with Gasteiger partial charge in [0.15, 0.2) is 48.8 Å². The van der Waals surface area contributed by atoms with Crippen LogP contribution < -0.4 is 22.5 Å². The number of aromatic amines is 2. The molecule has 27 nitrogen and oxygen atoms in total. The van der Waals surface area contributed by atoms with Gasteiger partial charge in [0.05, 0.1) is 38.1 Å². The van der Waals surface area contributed by atoms with Crippen molar-refractivity contribution in [1.82, 2.24) is 19.1 Å². The van der Waals surface area contributed by atoms with Gasteiger partial charge in [0.2, 0.25) is 17.3 Å². The maximum absolute atomic E-state index is 12.8. The minimum absolute atomic E-state index is 0.00530. The lowest BCUT2D eigenvalue weighted by Gasteiger charge is -2.41. The minimum Gasteiger partial charge on any atom is -0.412 e. The second-order valence-corrected chi connectivity index (χ2v) is 33.0. The first-order chi connectivity index (χ1) is 40.1. The molecular formula is C59H96N4O23Si. The van der Waals surface area contributed by atoms with Crippen molar-refractivity contribution in [3.63, 3.8) is 0 Å². The van der Waals surface area contributed by atoms with Gasteiger partial charge in [0.25, 0.3) is 11.1 Å². The molecule has 10 aliphatic rings. The third-order valence-electron chi connectivity index (χ3n) is 17.8. The van der Waals surface area contributed by atoms with Crippen molar-refractivity contribution >= 4 is 8.32 Å². The molecule has 2 aromatic rings. The molecule has 0 aliphatic carbocycles. The highest BCUT2D eigenvalue weighted by Crippen LogP contribution is 2.53. The van der Waals surface area contributed by atoms with E-state index in [-0.39, 0.29) is 73.7 Å². The van der Waals surface area contributed by atoms with Crippen LogP contribution in [0, 0.1) is 0 Å². The van der Waals surface area contributed by atoms with Gasteiger partial charge in [-0.1, -0.05) is 41.5 Å². The summed E-state index contributed by atoms with van der Waals surface area (Å²) in [4.78, 5) is 52.4. The molecule has 10 aliphatic heterocycles. The van der Waals surface area contributed by atoms with Crippen LogP contribution in [0.5, 0.6) is 0 Å². The summed E-state index contributed by atoms with van der Waals surface area (Å²) in [6.45, 7) is 39.2. The standard InChI is InChI=1S/C20H34N2O6Si.C14H20N2O6.C13H22O5.C12H20O6/c1-9-13-15-16(28-19(5,6)27-15)20(26-13,12-25-29(7,8)18(2,3)4)22-11-10-14(23)21-17(22)24;1-4-8-10-11(22-13(2,3)21-10)14(7-17,20-8)16-6-5-9(18)15-12(16)19;1-6-8-9-10(17-12(4,5)16-9)13(15-8)7-14-11(2,3)18-13;1-10(2)14-6-12(18-10)9-8(7(5-13)15-12)16-11(3,4)17-9/h10-11,13,15-16H,9,12H2,1-8H3,(H,21,23,24);5-6,8,10-11,17H,4,7H2,1-3H3,(H,15,18,19);8-10H,6-7H2,1-5H3;7-9,13H,5-6H2,1-4H3/t13-,15+,16?,20-;8-,10+,11?,14-;;/m11../s1. The Morgan fingerprint density at radius 1 is 0.506 bits per heavy atom. The number of ether oxygens (including phenoxy) is 16. The molecular weight excluding hydrogens is 1160 g/mol. The van der Waals surface area contributed by atoms with E-state index in [4.69, 9.17) is 80.2 Å². The third kappa shape index (κ3) is 13.0. The van der Waals surface area contributed by atoms with Gasteiger partial charge in [-0.25, -0.2) is 9.59 Å². The Labute approximate surface area is 508 Å². The molecule has 0 radical (unpaired) electrons. The molecule has 16 atom stereocenters. The highest BCUT2D eigenvalue weighted by Gasteiger charge is 2.70. The second-order valence-electron chi connectivity index (χ2n) is 28.2. The minimum atomic E-state index is -2.16. The van der Waals surface area contributed by atoms with Crippen LogP contribution in [-0.2, 0) is 91.7 Å². The summed E-state index contributed by atoms with van der Waals surface area (Å²) in [5.41, 5.74) is -4.83. The molecule has 0 saturated carbocycles. The maximum Gasteiger partial charge on any atom is 0.330 e. The number of aliphatic hydroxyl groups is 2. The summed E-state index contributed by atoms with van der Waals surface area (Å²) in [6.07, 6.45) is 0.981. The summed E-state index contributed by atoms with van der Waals surface area (Å²) in [5.74, 6) is -6.07. The highest BCUT2D eigenvalue weighted by atomic mass is 28.4. The second kappa shape index (κ2) is 23.4. The van der Waals surface area contributed by atoms with Crippen LogP contribution in [0.25, 0.3) is 0 Å². The van der Waals surface area contributed by atoms with Crippen molar-refractivity contribution in [2.24, 2.45) is 0 Å². The zero-order valence-corrected chi connectivity index (χ0v) is 55.3. The summed E-state index contributed by atoms with van der Waals surface area (Å²) >= 11 is 0. The number of hydrogen-bond donors (Lipinski definition) is 4. The van der Waals surface area contributed by atoms with Crippen molar-refractivity contribution < 1.29 is 90.4 Å². The van der Waals surface area contributed by atoms with Gasteiger partial charge in [0, 0.05) is 24.5 Å². The monoisotopic (exact) mass is 1260 g/mol. The molecule has 10 saturated heterocycles. The number of aromatic nitrogens is 4. The van der Waals surface area contributed by atoms with E-state index in [1.807, 2.05) is 83.1 Å². The predicted molar refractivity (Wildman–Crippen MR) is 309 cm³/mol. The van der Waals surface area contributed by atoms with Crippen LogP contribution in [0.1, 0.15) is 144 Å². The molecule has 494 valence electrons. The Morgan fingerprint density at radius 3 is 1.21 bits per heavy atom. The van der Waals surface area contributed by atoms with E-state index in [0.29, 0.717) is 19.4 Å². The van der Waals surface area contributed by atoms with Crippen molar-refractivity contribution in [1.29, 1.82) is 0 Å². The fourth-order valence-electron chi connectivity index (χ4n) is 12.9. The van der Waals surface area contributed by atoms with Crippen molar-refractivity contribution in [3.8, 4) is 0 Å². The first-order valence-corrected chi connectivity index (χ1v) is 33.3. The number of hydrogen-bond acceptors (Lipinski definition) is 23. The lowest BCUT2D eigenvalue weighted by Crippen LogP contribution is -2.56. The van der Waals surface area contributed by atoms with Crippen LogP contribution in [0.4, 0.5) is 0 Å². The summed E-state index contributed by atoms with van der Waals surface area (Å²) in [6, 6.07) is 2.52. The third-order valence-corrected chi connectivity index (χ3v) is 22.2. The van der Waals surface area contributed by atoms with E-state index >= 15 is 0 Å². The lowest BCUT2D eigenvalue weighted by molar-refractivity contribution is -0.298. The molecule has 0 aromatic carbocycles. The van der Waals surface area contributed by atoms with Crippen molar-refractivity contribution in [3.05, 3.63) is 66.2 Å². The molecule has 4 N–H and O–H groups in total. The van der Waals surface area contributed by atoms with E-state index in [2.05, 4.69) is 50.8 Å². The number of fused-ring (bicyclic) bond motifs is 6. The summed E-state index contributed by atoms with van der Waals surface area (Å²) in [5, 5.41) is 19.4. The fraction of sp³-hybridized carbons (Fsp3) is 0.864. The highest BCUT2D eigenvalue weighted by molar-refractivity contribution is 6.74. The van der Waals surface area contributed by atoms with Crippen LogP contribution in [0.2, 0.25) is 18.1 Å². The van der Waals surface area contributed by atoms with Crippen molar-refractivity contribution in [2.45, 2.75) is 293 Å². The Balaban J connectivity index is 0.000000141. The maximum atomic E-state index is 12.8. The predicted octanol–water partition coefficient (Wildman–Crippen LogP) is 4.22. The quantitative estimate of drug-likeness (QED) is 0.242. The van der Waals surface area contributed by atoms with Gasteiger partial charge in [-0.3, -0.25) is 28.7 Å². The fourth-order valence-corrected chi connectivity index (χ4v) is 13.9. The molecule has 12 heterocycles. The van der Waals surface area contributed by atoms with E-state index in [1.165, 1.54) is 33.7 Å². The van der Waals surface area contributed by atoms with Gasteiger partial charge in [-0.15, -0.1) is 0 Å². The molecule has 12 rings (SSSR count). The summed E-state index contributed by atoms with van der Waals surface area (Å²) < 4.78 is 104. The molecule has 0 amide bonds. The van der Waals surface area contributed by atoms with Crippen LogP contribution >= 0.6 is 0 Å². The molecule has 10 fully saturated rings. The SMILES string of the molecule is CC1(C)OC2C(CO)OC3(COC(C)(C)O3)C2O1.CCC1OC2(COC(C)(C)O2)C2OC(C)(C)OC12.CC[C@H]1O[C@@](CO)(n2ccc(=O)[nH]c2=O)C2OC(C)(C)O[C@H]21.CC[C@H]1O[C@@](CO[Si](C)(C)C(C)(C)C)(n2ccc(=O)[nH]c2=O)C2OC(C)(C)O[C@H]21. The molecule has 28 heteroatoms. The van der Waals surface area contributed by atoms with E-state index < -0.39 is 120 Å². The average Bonchev–Trinajstić information content (AvgIpc) is 1.61. The van der Waals surface area contributed by atoms with Gasteiger partial charge in [-0.2, -0.15) is 0 Å². The lowest BCUT2D eigenvalue weighted by atomic mass is 10.0. The molecule has 2 aromatic heterocycles. The Morgan fingerprint density at radius 2 is 0.851 bits per heavy atom. The Hall–Kier alpha value is -3.18. The number of nitrogens with one attached hydrogen (secondary N) is 2. The van der Waals surface area contributed by atoms with E-state index in [1.54, 1.807) is 13.8 Å². The van der Waals surface area contributed by atoms with Gasteiger partial charge >= 0.3 is 11.4 Å². The zero-order valence-electron chi connectivity index (χ0n) is 54.3.